The molecule has 0 bridgehead atoms. The quantitative estimate of drug-likeness (QED) is 0.883. The Morgan fingerprint density at radius 3 is 2.42 bits per heavy atom. The highest BCUT2D eigenvalue weighted by atomic mass is 35.5. The highest BCUT2D eigenvalue weighted by Crippen LogP contribution is 2.17. The van der Waals surface area contributed by atoms with Gasteiger partial charge in [0.1, 0.15) is 6.04 Å². The largest absolute Gasteiger partial charge is 0.333 e. The van der Waals surface area contributed by atoms with Gasteiger partial charge in [0.05, 0.1) is 0 Å². The van der Waals surface area contributed by atoms with Gasteiger partial charge in [-0.15, -0.1) is 10.2 Å². The zero-order chi connectivity index (χ0) is 17.9. The Labute approximate surface area is 144 Å². The van der Waals surface area contributed by atoms with Crippen LogP contribution in [0.5, 0.6) is 0 Å². The van der Waals surface area contributed by atoms with E-state index >= 15 is 0 Å². The molecule has 0 unspecified atom stereocenters. The Hall–Kier alpha value is -2.48. The molecule has 0 radical (unpaired) electrons. The minimum atomic E-state index is -0.788. The van der Waals surface area contributed by atoms with Crippen LogP contribution >= 0.6 is 11.6 Å². The van der Waals surface area contributed by atoms with Gasteiger partial charge >= 0.3 is 6.03 Å². The number of amides is 3. The average molecular weight is 351 g/mol. The van der Waals surface area contributed by atoms with Gasteiger partial charge in [0.2, 0.25) is 5.82 Å². The number of nitrogens with zero attached hydrogens (tertiary/aromatic N) is 4. The maximum absolute atomic E-state index is 12.1. The second-order valence-corrected chi connectivity index (χ2v) is 6.75. The predicted octanol–water partition coefficient (Wildman–Crippen LogP) is 2.18. The topological polar surface area (TPSA) is 102 Å². The number of aromatic nitrogens is 4. The van der Waals surface area contributed by atoms with E-state index in [0.717, 1.165) is 10.4 Å². The van der Waals surface area contributed by atoms with E-state index < -0.39 is 23.5 Å². The lowest BCUT2D eigenvalue weighted by Gasteiger charge is -2.20. The molecular weight excluding hydrogens is 332 g/mol. The number of hydrogen-bond acceptors (Lipinski definition) is 5. The maximum Gasteiger partial charge on any atom is 0.321 e. The summed E-state index contributed by atoms with van der Waals surface area (Å²) in [7, 11) is 0. The summed E-state index contributed by atoms with van der Waals surface area (Å²) >= 11 is 5.84. The van der Waals surface area contributed by atoms with Crippen LogP contribution in [0, 0.1) is 0 Å². The summed E-state index contributed by atoms with van der Waals surface area (Å²) in [6.45, 7) is 7.03. The molecule has 1 aromatic carbocycles. The van der Waals surface area contributed by atoms with Crippen LogP contribution in [-0.4, -0.2) is 37.7 Å². The van der Waals surface area contributed by atoms with Crippen molar-refractivity contribution in [3.63, 3.8) is 0 Å². The number of nitrogens with one attached hydrogen (secondary N) is 2. The van der Waals surface area contributed by atoms with Crippen LogP contribution in [0.3, 0.4) is 0 Å². The van der Waals surface area contributed by atoms with E-state index in [2.05, 4.69) is 26.0 Å². The SMILES string of the molecule is C[C@@H](C(=O)NC(=O)NC(C)(C)C)n1nnc(-c2ccc(Cl)cc2)n1. The second kappa shape index (κ2) is 6.96. The molecule has 1 heterocycles. The molecule has 0 saturated heterocycles. The molecule has 24 heavy (non-hydrogen) atoms. The number of urea groups is 1. The zero-order valence-electron chi connectivity index (χ0n) is 13.9. The number of benzene rings is 1. The van der Waals surface area contributed by atoms with Crippen molar-refractivity contribution in [1.29, 1.82) is 0 Å². The maximum atomic E-state index is 12.1. The molecule has 0 spiro atoms. The first-order chi connectivity index (χ1) is 11.2. The Balaban J connectivity index is 2.05. The number of carbonyl (C=O) groups is 2. The smallest absolute Gasteiger partial charge is 0.321 e. The third-order valence-electron chi connectivity index (χ3n) is 2.98. The van der Waals surface area contributed by atoms with E-state index in [1.807, 2.05) is 20.8 Å². The molecule has 0 saturated carbocycles. The molecule has 0 fully saturated rings. The number of halogens is 1. The molecule has 0 aliphatic heterocycles. The average Bonchev–Trinajstić information content (AvgIpc) is 2.94. The molecule has 9 heteroatoms. The molecule has 1 aromatic heterocycles. The van der Waals surface area contributed by atoms with E-state index in [1.54, 1.807) is 31.2 Å². The van der Waals surface area contributed by atoms with E-state index in [4.69, 9.17) is 11.6 Å². The van der Waals surface area contributed by atoms with Crippen molar-refractivity contribution in [3.8, 4) is 11.4 Å². The summed E-state index contributed by atoms with van der Waals surface area (Å²) < 4.78 is 0. The van der Waals surface area contributed by atoms with E-state index in [9.17, 15) is 9.59 Å². The Kier molecular flexibility index (Phi) is 5.18. The van der Waals surface area contributed by atoms with Crippen LogP contribution in [-0.2, 0) is 4.79 Å². The Morgan fingerprint density at radius 1 is 1.21 bits per heavy atom. The second-order valence-electron chi connectivity index (χ2n) is 6.31. The number of rotatable bonds is 3. The first-order valence-corrected chi connectivity index (χ1v) is 7.72. The molecule has 1 atom stereocenters. The van der Waals surface area contributed by atoms with Gasteiger partial charge in [0.25, 0.3) is 5.91 Å². The molecule has 2 N–H and O–H groups in total. The number of carbonyl (C=O) groups excluding carboxylic acids is 2. The van der Waals surface area contributed by atoms with Gasteiger partial charge in [-0.25, -0.2) is 4.79 Å². The lowest BCUT2D eigenvalue weighted by Crippen LogP contribution is -2.49. The Bertz CT molecular complexity index is 735. The van der Waals surface area contributed by atoms with Crippen molar-refractivity contribution in [2.75, 3.05) is 0 Å². The third-order valence-corrected chi connectivity index (χ3v) is 3.23. The normalized spacial score (nSPS) is 12.5. The fourth-order valence-corrected chi connectivity index (χ4v) is 1.92. The standard InChI is InChI=1S/C15H19ClN6O2/c1-9(13(23)17-14(24)18-15(2,3)4)22-20-12(19-21-22)10-5-7-11(16)8-6-10/h5-9H,1-4H3,(H2,17,18,23,24)/t9-/m0/s1. The van der Waals surface area contributed by atoms with Crippen molar-refractivity contribution in [2.45, 2.75) is 39.3 Å². The van der Waals surface area contributed by atoms with Crippen LogP contribution in [0.25, 0.3) is 11.4 Å². The summed E-state index contributed by atoms with van der Waals surface area (Å²) in [6.07, 6.45) is 0. The summed E-state index contributed by atoms with van der Waals surface area (Å²) in [6, 6.07) is 5.58. The van der Waals surface area contributed by atoms with Crippen LogP contribution in [0.4, 0.5) is 4.79 Å². The van der Waals surface area contributed by atoms with E-state index in [-0.39, 0.29) is 0 Å². The summed E-state index contributed by atoms with van der Waals surface area (Å²) in [5.41, 5.74) is 0.282. The van der Waals surface area contributed by atoms with Gasteiger partial charge in [-0.05, 0) is 57.2 Å². The number of hydrogen-bond donors (Lipinski definition) is 2. The van der Waals surface area contributed by atoms with Crippen molar-refractivity contribution in [3.05, 3.63) is 29.3 Å². The van der Waals surface area contributed by atoms with Crippen molar-refractivity contribution < 1.29 is 9.59 Å². The first-order valence-electron chi connectivity index (χ1n) is 7.34. The van der Waals surface area contributed by atoms with Crippen molar-refractivity contribution in [1.82, 2.24) is 30.8 Å². The third kappa shape index (κ3) is 4.76. The summed E-state index contributed by atoms with van der Waals surface area (Å²) in [5, 5.41) is 17.5. The van der Waals surface area contributed by atoms with Crippen LogP contribution < -0.4 is 10.6 Å². The number of imide groups is 1. The van der Waals surface area contributed by atoms with Crippen molar-refractivity contribution in [2.24, 2.45) is 0 Å². The van der Waals surface area contributed by atoms with E-state index in [0.29, 0.717) is 10.8 Å². The van der Waals surface area contributed by atoms with Gasteiger partial charge < -0.3 is 5.32 Å². The lowest BCUT2D eigenvalue weighted by atomic mass is 10.1. The minimum Gasteiger partial charge on any atom is -0.333 e. The van der Waals surface area contributed by atoms with Gasteiger partial charge in [0.15, 0.2) is 0 Å². The van der Waals surface area contributed by atoms with Gasteiger partial charge in [0, 0.05) is 16.1 Å². The molecule has 2 rings (SSSR count). The molecular formula is C15H19ClN6O2. The molecule has 0 aliphatic rings. The van der Waals surface area contributed by atoms with Crippen LogP contribution in [0.15, 0.2) is 24.3 Å². The molecule has 8 nitrogen and oxygen atoms in total. The first kappa shape index (κ1) is 17.9. The Morgan fingerprint density at radius 2 is 1.83 bits per heavy atom. The monoisotopic (exact) mass is 350 g/mol. The summed E-state index contributed by atoms with van der Waals surface area (Å²) in [5.74, 6) is -0.165. The molecule has 3 amide bonds. The fourth-order valence-electron chi connectivity index (χ4n) is 1.80. The van der Waals surface area contributed by atoms with Gasteiger partial charge in [-0.1, -0.05) is 11.6 Å². The molecule has 0 aliphatic carbocycles. The minimum absolute atomic E-state index is 0.366. The van der Waals surface area contributed by atoms with E-state index in [1.165, 1.54) is 0 Å². The van der Waals surface area contributed by atoms with Crippen LogP contribution in [0.1, 0.15) is 33.7 Å². The van der Waals surface area contributed by atoms with Crippen molar-refractivity contribution >= 4 is 23.5 Å². The molecule has 128 valence electrons. The predicted molar refractivity (Wildman–Crippen MR) is 89.4 cm³/mol. The highest BCUT2D eigenvalue weighted by molar-refractivity contribution is 6.30. The summed E-state index contributed by atoms with van der Waals surface area (Å²) in [4.78, 5) is 25.0. The molecule has 2 aromatic rings. The van der Waals surface area contributed by atoms with Gasteiger partial charge in [-0.2, -0.15) is 4.80 Å². The number of tetrazole rings is 1. The lowest BCUT2D eigenvalue weighted by molar-refractivity contribution is -0.123. The highest BCUT2D eigenvalue weighted by Gasteiger charge is 2.22. The van der Waals surface area contributed by atoms with Gasteiger partial charge in [-0.3, -0.25) is 10.1 Å². The fraction of sp³-hybridized carbons (Fsp3) is 0.400. The zero-order valence-corrected chi connectivity index (χ0v) is 14.6. The van der Waals surface area contributed by atoms with Crippen LogP contribution in [0.2, 0.25) is 5.02 Å².